The third-order valence-corrected chi connectivity index (χ3v) is 4.72. The van der Waals surface area contributed by atoms with Gasteiger partial charge in [0.05, 0.1) is 18.1 Å². The van der Waals surface area contributed by atoms with E-state index in [1.165, 1.54) is 0 Å². The molecule has 1 rings (SSSR count). The minimum atomic E-state index is -0.907. The van der Waals surface area contributed by atoms with Crippen molar-refractivity contribution in [1.82, 2.24) is 10.2 Å². The standard InChI is InChI=1S/C14H26N2O4/c1-4-14(5-2,12(18)19)9-15-13(20)16-7-6-10(3)11(16)8-17/h10-11,17H,4-9H2,1-3H3,(H,15,20)(H,18,19). The molecule has 0 radical (unpaired) electrons. The smallest absolute Gasteiger partial charge is 0.317 e. The van der Waals surface area contributed by atoms with Gasteiger partial charge in [0.25, 0.3) is 0 Å². The molecule has 0 aromatic heterocycles. The minimum absolute atomic E-state index is 0.0553. The maximum absolute atomic E-state index is 12.2. The van der Waals surface area contributed by atoms with E-state index >= 15 is 0 Å². The molecule has 2 atom stereocenters. The van der Waals surface area contributed by atoms with Crippen molar-refractivity contribution in [3.63, 3.8) is 0 Å². The number of hydrogen-bond donors (Lipinski definition) is 3. The lowest BCUT2D eigenvalue weighted by Crippen LogP contribution is -2.50. The fraction of sp³-hybridized carbons (Fsp3) is 0.857. The van der Waals surface area contributed by atoms with Gasteiger partial charge >= 0.3 is 12.0 Å². The van der Waals surface area contributed by atoms with Crippen molar-refractivity contribution in [3.05, 3.63) is 0 Å². The predicted octanol–water partition coefficient (Wildman–Crippen LogP) is 1.29. The molecule has 6 heteroatoms. The number of nitrogens with zero attached hydrogens (tertiary/aromatic N) is 1. The molecule has 0 spiro atoms. The zero-order valence-electron chi connectivity index (χ0n) is 12.6. The highest BCUT2D eigenvalue weighted by molar-refractivity contribution is 5.78. The van der Waals surface area contributed by atoms with Crippen LogP contribution in [-0.4, -0.2) is 52.9 Å². The number of aliphatic hydroxyl groups is 1. The van der Waals surface area contributed by atoms with Gasteiger partial charge in [0.15, 0.2) is 0 Å². The van der Waals surface area contributed by atoms with Crippen LogP contribution in [0.3, 0.4) is 0 Å². The van der Waals surface area contributed by atoms with Crippen LogP contribution in [0, 0.1) is 11.3 Å². The Labute approximate surface area is 120 Å². The predicted molar refractivity (Wildman–Crippen MR) is 75.4 cm³/mol. The molecule has 0 aliphatic carbocycles. The van der Waals surface area contributed by atoms with E-state index < -0.39 is 11.4 Å². The molecule has 6 nitrogen and oxygen atoms in total. The van der Waals surface area contributed by atoms with Crippen LogP contribution >= 0.6 is 0 Å². The zero-order valence-corrected chi connectivity index (χ0v) is 12.6. The molecule has 20 heavy (non-hydrogen) atoms. The maximum atomic E-state index is 12.2. The largest absolute Gasteiger partial charge is 0.481 e. The highest BCUT2D eigenvalue weighted by Crippen LogP contribution is 2.27. The number of rotatable bonds is 6. The summed E-state index contributed by atoms with van der Waals surface area (Å²) in [5.41, 5.74) is -0.907. The molecule has 116 valence electrons. The second-order valence-corrected chi connectivity index (χ2v) is 5.66. The van der Waals surface area contributed by atoms with Crippen LogP contribution in [0.2, 0.25) is 0 Å². The summed E-state index contributed by atoms with van der Waals surface area (Å²) in [5, 5.41) is 21.4. The van der Waals surface area contributed by atoms with Gasteiger partial charge in [0.1, 0.15) is 0 Å². The average Bonchev–Trinajstić information content (AvgIpc) is 2.80. The first kappa shape index (κ1) is 16.8. The summed E-state index contributed by atoms with van der Waals surface area (Å²) in [7, 11) is 0. The van der Waals surface area contributed by atoms with Crippen LogP contribution in [0.25, 0.3) is 0 Å². The number of hydrogen-bond acceptors (Lipinski definition) is 3. The number of amides is 2. The van der Waals surface area contributed by atoms with Gasteiger partial charge in [-0.3, -0.25) is 4.79 Å². The van der Waals surface area contributed by atoms with E-state index in [9.17, 15) is 19.8 Å². The zero-order chi connectivity index (χ0) is 15.3. The van der Waals surface area contributed by atoms with E-state index in [-0.39, 0.29) is 31.1 Å². The van der Waals surface area contributed by atoms with Crippen molar-refractivity contribution in [2.24, 2.45) is 11.3 Å². The SMILES string of the molecule is CCC(CC)(CNC(=O)N1CCC(C)C1CO)C(=O)O. The number of carbonyl (C=O) groups is 2. The second kappa shape index (κ2) is 6.92. The molecule has 3 N–H and O–H groups in total. The first-order valence-corrected chi connectivity index (χ1v) is 7.30. The third kappa shape index (κ3) is 3.23. The van der Waals surface area contributed by atoms with Gasteiger partial charge < -0.3 is 20.4 Å². The highest BCUT2D eigenvalue weighted by Gasteiger charge is 2.38. The number of aliphatic carboxylic acids is 1. The van der Waals surface area contributed by atoms with Crippen molar-refractivity contribution >= 4 is 12.0 Å². The Bertz CT molecular complexity index is 355. The lowest BCUT2D eigenvalue weighted by molar-refractivity contribution is -0.149. The molecule has 0 saturated carbocycles. The lowest BCUT2D eigenvalue weighted by Gasteiger charge is -2.30. The molecule has 1 aliphatic heterocycles. The number of carboxylic acid groups (broad SMARTS) is 1. The molecular formula is C14H26N2O4. The van der Waals surface area contributed by atoms with Crippen LogP contribution in [0.4, 0.5) is 4.79 Å². The van der Waals surface area contributed by atoms with E-state index in [0.717, 1.165) is 6.42 Å². The quantitative estimate of drug-likeness (QED) is 0.686. The van der Waals surface area contributed by atoms with Gasteiger partial charge in [-0.15, -0.1) is 0 Å². The summed E-state index contributed by atoms with van der Waals surface area (Å²) in [6.45, 7) is 6.32. The minimum Gasteiger partial charge on any atom is -0.481 e. The fourth-order valence-corrected chi connectivity index (χ4v) is 2.76. The van der Waals surface area contributed by atoms with Crippen molar-refractivity contribution in [3.8, 4) is 0 Å². The molecular weight excluding hydrogens is 260 g/mol. The van der Waals surface area contributed by atoms with Crippen molar-refractivity contribution < 1.29 is 19.8 Å². The number of carbonyl (C=O) groups excluding carboxylic acids is 1. The monoisotopic (exact) mass is 286 g/mol. The van der Waals surface area contributed by atoms with E-state index in [1.54, 1.807) is 4.90 Å². The summed E-state index contributed by atoms with van der Waals surface area (Å²) in [6, 6.07) is -0.446. The number of urea groups is 1. The van der Waals surface area contributed by atoms with E-state index in [2.05, 4.69) is 5.32 Å². The number of carboxylic acids is 1. The Hall–Kier alpha value is -1.30. The first-order valence-electron chi connectivity index (χ1n) is 7.30. The number of aliphatic hydroxyl groups excluding tert-OH is 1. The Morgan fingerprint density at radius 2 is 1.95 bits per heavy atom. The summed E-state index contributed by atoms with van der Waals surface area (Å²) >= 11 is 0. The Kier molecular flexibility index (Phi) is 5.80. The molecule has 0 bridgehead atoms. The summed E-state index contributed by atoms with van der Waals surface area (Å²) < 4.78 is 0. The van der Waals surface area contributed by atoms with Crippen molar-refractivity contribution in [1.29, 1.82) is 0 Å². The number of likely N-dealkylation sites (tertiary alicyclic amines) is 1. The van der Waals surface area contributed by atoms with Crippen LogP contribution in [0.5, 0.6) is 0 Å². The Morgan fingerprint density at radius 3 is 2.40 bits per heavy atom. The van der Waals surface area contributed by atoms with Gasteiger partial charge in [0.2, 0.25) is 0 Å². The van der Waals surface area contributed by atoms with Crippen LogP contribution in [-0.2, 0) is 4.79 Å². The van der Waals surface area contributed by atoms with Gasteiger partial charge in [0, 0.05) is 13.1 Å². The van der Waals surface area contributed by atoms with E-state index in [1.807, 2.05) is 20.8 Å². The van der Waals surface area contributed by atoms with Gasteiger partial charge in [-0.25, -0.2) is 4.79 Å². The lowest BCUT2D eigenvalue weighted by atomic mass is 9.82. The average molecular weight is 286 g/mol. The van der Waals surface area contributed by atoms with Gasteiger partial charge in [-0.1, -0.05) is 20.8 Å². The van der Waals surface area contributed by atoms with E-state index in [4.69, 9.17) is 0 Å². The first-order chi connectivity index (χ1) is 9.41. The normalized spacial score (nSPS) is 22.9. The number of nitrogens with one attached hydrogen (secondary N) is 1. The van der Waals surface area contributed by atoms with Crippen molar-refractivity contribution in [2.75, 3.05) is 19.7 Å². The molecule has 2 unspecified atom stereocenters. The topological polar surface area (TPSA) is 89.9 Å². The molecule has 1 heterocycles. The Morgan fingerprint density at radius 1 is 1.35 bits per heavy atom. The molecule has 0 aromatic rings. The second-order valence-electron chi connectivity index (χ2n) is 5.66. The third-order valence-electron chi connectivity index (χ3n) is 4.72. The fourth-order valence-electron chi connectivity index (χ4n) is 2.76. The molecule has 1 aliphatic rings. The van der Waals surface area contributed by atoms with Gasteiger partial charge in [-0.2, -0.15) is 0 Å². The van der Waals surface area contributed by atoms with Crippen molar-refractivity contribution in [2.45, 2.75) is 46.1 Å². The maximum Gasteiger partial charge on any atom is 0.317 e. The molecule has 2 amide bonds. The Balaban J connectivity index is 2.65. The summed E-state index contributed by atoms with van der Waals surface area (Å²) in [5.74, 6) is -0.608. The highest BCUT2D eigenvalue weighted by atomic mass is 16.4. The van der Waals surface area contributed by atoms with Crippen LogP contribution < -0.4 is 5.32 Å². The molecule has 1 fully saturated rings. The molecule has 0 aromatic carbocycles. The van der Waals surface area contributed by atoms with Gasteiger partial charge in [-0.05, 0) is 25.2 Å². The summed E-state index contributed by atoms with van der Waals surface area (Å²) in [6.07, 6.45) is 1.81. The summed E-state index contributed by atoms with van der Waals surface area (Å²) in [4.78, 5) is 25.2. The molecule has 1 saturated heterocycles. The van der Waals surface area contributed by atoms with Crippen LogP contribution in [0.15, 0.2) is 0 Å². The van der Waals surface area contributed by atoms with Crippen LogP contribution in [0.1, 0.15) is 40.0 Å². The van der Waals surface area contributed by atoms with E-state index in [0.29, 0.717) is 19.4 Å².